The summed E-state index contributed by atoms with van der Waals surface area (Å²) in [6, 6.07) is 15.1. The molecule has 25 heavy (non-hydrogen) atoms. The van der Waals surface area contributed by atoms with Gasteiger partial charge < -0.3 is 15.4 Å². The van der Waals surface area contributed by atoms with Crippen LogP contribution in [-0.2, 0) is 4.79 Å². The number of hydrogen-bond donors (Lipinski definition) is 2. The molecule has 2 N–H and O–H groups in total. The first-order valence-electron chi connectivity index (χ1n) is 8.35. The van der Waals surface area contributed by atoms with Crippen LogP contribution >= 0.6 is 0 Å². The predicted molar refractivity (Wildman–Crippen MR) is 97.8 cm³/mol. The lowest BCUT2D eigenvalue weighted by atomic mass is 10.1. The molecule has 5 heteroatoms. The van der Waals surface area contributed by atoms with Gasteiger partial charge in [0.1, 0.15) is 12.4 Å². The van der Waals surface area contributed by atoms with E-state index in [9.17, 15) is 9.59 Å². The number of amides is 2. The second-order valence-electron chi connectivity index (χ2n) is 5.89. The monoisotopic (exact) mass is 340 g/mol. The minimum absolute atomic E-state index is 0.114. The topological polar surface area (TPSA) is 67.4 Å². The molecular weight excluding hydrogens is 316 g/mol. The number of rotatable bonds is 8. The summed E-state index contributed by atoms with van der Waals surface area (Å²) in [6.07, 6.45) is 0.238. The molecule has 0 heterocycles. The predicted octanol–water partition coefficient (Wildman–Crippen LogP) is 2.62. The van der Waals surface area contributed by atoms with Gasteiger partial charge in [-0.3, -0.25) is 9.59 Å². The molecule has 0 radical (unpaired) electrons. The summed E-state index contributed by atoms with van der Waals surface area (Å²) in [4.78, 5) is 23.7. The van der Waals surface area contributed by atoms with Gasteiger partial charge in [-0.1, -0.05) is 29.8 Å². The smallest absolute Gasteiger partial charge is 0.251 e. The van der Waals surface area contributed by atoms with Gasteiger partial charge in [-0.05, 0) is 43.7 Å². The lowest BCUT2D eigenvalue weighted by Crippen LogP contribution is -2.32. The number of carbonyl (C=O) groups is 2. The minimum atomic E-state index is -0.167. The molecule has 2 rings (SSSR count). The van der Waals surface area contributed by atoms with Crippen molar-refractivity contribution < 1.29 is 14.3 Å². The summed E-state index contributed by atoms with van der Waals surface area (Å²) in [6.45, 7) is 5.07. The molecular formula is C20H24N2O3. The molecule has 2 amide bonds. The highest BCUT2D eigenvalue weighted by Gasteiger charge is 2.06. The van der Waals surface area contributed by atoms with Crippen molar-refractivity contribution >= 4 is 11.8 Å². The van der Waals surface area contributed by atoms with E-state index >= 15 is 0 Å². The van der Waals surface area contributed by atoms with E-state index in [0.717, 1.165) is 16.9 Å². The molecule has 0 aromatic heterocycles. The Bertz CT molecular complexity index is 728. The summed E-state index contributed by atoms with van der Waals surface area (Å²) in [5.74, 6) is 0.510. The molecule has 5 nitrogen and oxygen atoms in total. The largest absolute Gasteiger partial charge is 0.492 e. The van der Waals surface area contributed by atoms with Crippen LogP contribution in [0.1, 0.15) is 27.9 Å². The molecule has 0 aliphatic carbocycles. The fourth-order valence-corrected chi connectivity index (χ4v) is 2.33. The van der Waals surface area contributed by atoms with E-state index in [0.29, 0.717) is 25.3 Å². The van der Waals surface area contributed by atoms with Gasteiger partial charge in [0.05, 0.1) is 6.54 Å². The van der Waals surface area contributed by atoms with Crippen LogP contribution in [0.5, 0.6) is 5.75 Å². The van der Waals surface area contributed by atoms with Crippen molar-refractivity contribution in [1.82, 2.24) is 10.6 Å². The van der Waals surface area contributed by atoms with Crippen molar-refractivity contribution in [3.8, 4) is 5.75 Å². The van der Waals surface area contributed by atoms with Crippen LogP contribution in [0.2, 0.25) is 0 Å². The van der Waals surface area contributed by atoms with E-state index in [1.54, 1.807) is 6.07 Å². The third-order valence-corrected chi connectivity index (χ3v) is 3.60. The Morgan fingerprint density at radius 3 is 2.36 bits per heavy atom. The molecule has 0 unspecified atom stereocenters. The average molecular weight is 340 g/mol. The standard InChI is InChI=1S/C20H24N2O3/c1-15-5-3-7-17(13-15)20(24)22-10-9-19(23)21-11-12-25-18-8-4-6-16(2)14-18/h3-8,13-14H,9-12H2,1-2H3,(H,21,23)(H,22,24). The highest BCUT2D eigenvalue weighted by Crippen LogP contribution is 2.11. The first kappa shape index (κ1) is 18.5. The maximum Gasteiger partial charge on any atom is 0.251 e. The summed E-state index contributed by atoms with van der Waals surface area (Å²) in [5, 5.41) is 5.52. The molecule has 0 spiro atoms. The van der Waals surface area contributed by atoms with E-state index in [1.807, 2.05) is 56.3 Å². The molecule has 0 aliphatic heterocycles. The van der Waals surface area contributed by atoms with Gasteiger partial charge in [-0.2, -0.15) is 0 Å². The zero-order valence-corrected chi connectivity index (χ0v) is 14.7. The van der Waals surface area contributed by atoms with Gasteiger partial charge in [-0.15, -0.1) is 0 Å². The van der Waals surface area contributed by atoms with Crippen molar-refractivity contribution in [2.75, 3.05) is 19.7 Å². The quantitative estimate of drug-likeness (QED) is 0.726. The first-order valence-corrected chi connectivity index (χ1v) is 8.35. The van der Waals surface area contributed by atoms with Crippen LogP contribution in [0.15, 0.2) is 48.5 Å². The number of nitrogens with one attached hydrogen (secondary N) is 2. The van der Waals surface area contributed by atoms with Crippen molar-refractivity contribution in [2.45, 2.75) is 20.3 Å². The fraction of sp³-hybridized carbons (Fsp3) is 0.300. The number of hydrogen-bond acceptors (Lipinski definition) is 3. The third-order valence-electron chi connectivity index (χ3n) is 3.60. The van der Waals surface area contributed by atoms with E-state index in [-0.39, 0.29) is 18.2 Å². The maximum atomic E-state index is 12.0. The second-order valence-corrected chi connectivity index (χ2v) is 5.89. The van der Waals surface area contributed by atoms with Crippen LogP contribution in [-0.4, -0.2) is 31.5 Å². The number of aryl methyl sites for hydroxylation is 2. The van der Waals surface area contributed by atoms with Crippen molar-refractivity contribution in [3.05, 3.63) is 65.2 Å². The summed E-state index contributed by atoms with van der Waals surface area (Å²) in [5.41, 5.74) is 2.76. The third kappa shape index (κ3) is 6.67. The Morgan fingerprint density at radius 2 is 1.64 bits per heavy atom. The molecule has 0 saturated carbocycles. The van der Waals surface area contributed by atoms with Crippen LogP contribution in [0, 0.1) is 13.8 Å². The highest BCUT2D eigenvalue weighted by molar-refractivity contribution is 5.94. The van der Waals surface area contributed by atoms with E-state index in [1.165, 1.54) is 0 Å². The number of carbonyl (C=O) groups excluding carboxylic acids is 2. The normalized spacial score (nSPS) is 10.2. The maximum absolute atomic E-state index is 12.0. The van der Waals surface area contributed by atoms with Crippen LogP contribution in [0.4, 0.5) is 0 Å². The Morgan fingerprint density at radius 1 is 0.920 bits per heavy atom. The SMILES string of the molecule is Cc1cccc(OCCNC(=O)CCNC(=O)c2cccc(C)c2)c1. The lowest BCUT2D eigenvalue weighted by molar-refractivity contribution is -0.121. The van der Waals surface area contributed by atoms with Gasteiger partial charge in [0.25, 0.3) is 5.91 Å². The second kappa shape index (κ2) is 9.47. The summed E-state index contributed by atoms with van der Waals surface area (Å²) < 4.78 is 5.56. The fourth-order valence-electron chi connectivity index (χ4n) is 2.33. The Labute approximate surface area is 148 Å². The minimum Gasteiger partial charge on any atom is -0.492 e. The lowest BCUT2D eigenvalue weighted by Gasteiger charge is -2.09. The Balaban J connectivity index is 1.60. The van der Waals surface area contributed by atoms with E-state index < -0.39 is 0 Å². The van der Waals surface area contributed by atoms with Crippen LogP contribution in [0.3, 0.4) is 0 Å². The molecule has 0 saturated heterocycles. The molecule has 0 aliphatic rings. The number of benzene rings is 2. The molecule has 132 valence electrons. The summed E-state index contributed by atoms with van der Waals surface area (Å²) >= 11 is 0. The van der Waals surface area contributed by atoms with Gasteiger partial charge in [-0.25, -0.2) is 0 Å². The van der Waals surface area contributed by atoms with Crippen LogP contribution in [0.25, 0.3) is 0 Å². The molecule has 0 bridgehead atoms. The Hall–Kier alpha value is -2.82. The van der Waals surface area contributed by atoms with Crippen LogP contribution < -0.4 is 15.4 Å². The average Bonchev–Trinajstić information content (AvgIpc) is 2.59. The molecule has 2 aromatic carbocycles. The highest BCUT2D eigenvalue weighted by atomic mass is 16.5. The zero-order valence-electron chi connectivity index (χ0n) is 14.7. The number of ether oxygens (including phenoxy) is 1. The van der Waals surface area contributed by atoms with Crippen molar-refractivity contribution in [1.29, 1.82) is 0 Å². The molecule has 0 atom stereocenters. The van der Waals surface area contributed by atoms with E-state index in [2.05, 4.69) is 10.6 Å². The van der Waals surface area contributed by atoms with Crippen molar-refractivity contribution in [2.24, 2.45) is 0 Å². The summed E-state index contributed by atoms with van der Waals surface area (Å²) in [7, 11) is 0. The molecule has 0 fully saturated rings. The Kier molecular flexibility index (Phi) is 7.01. The van der Waals surface area contributed by atoms with Gasteiger partial charge in [0.2, 0.25) is 5.91 Å². The van der Waals surface area contributed by atoms with Gasteiger partial charge in [0.15, 0.2) is 0 Å². The zero-order chi connectivity index (χ0) is 18.1. The van der Waals surface area contributed by atoms with E-state index in [4.69, 9.17) is 4.74 Å². The first-order chi connectivity index (χ1) is 12.0. The molecule has 2 aromatic rings. The van der Waals surface area contributed by atoms with Crippen molar-refractivity contribution in [3.63, 3.8) is 0 Å². The van der Waals surface area contributed by atoms with Gasteiger partial charge in [0, 0.05) is 18.5 Å². The van der Waals surface area contributed by atoms with Gasteiger partial charge >= 0.3 is 0 Å².